The van der Waals surface area contributed by atoms with Crippen LogP contribution in [0.25, 0.3) is 22.2 Å². The summed E-state index contributed by atoms with van der Waals surface area (Å²) in [7, 11) is -3.56. The molecule has 4 aliphatic rings. The maximum Gasteiger partial charge on any atom is 0.266 e. The Balaban J connectivity index is 0.763. The minimum atomic E-state index is -3.56. The van der Waals surface area contributed by atoms with Crippen LogP contribution >= 0.6 is 23.2 Å². The van der Waals surface area contributed by atoms with Crippen molar-refractivity contribution < 1.29 is 37.1 Å². The fourth-order valence-corrected chi connectivity index (χ4v) is 10.6. The highest BCUT2D eigenvalue weighted by Crippen LogP contribution is 2.43. The molecule has 1 spiro atoms. The van der Waals surface area contributed by atoms with Crippen LogP contribution in [0.15, 0.2) is 67.1 Å². The monoisotopic (exact) mass is 858 g/mol. The fourth-order valence-electron chi connectivity index (χ4n) is 8.25. The number of aromatic nitrogens is 4. The highest BCUT2D eigenvalue weighted by molar-refractivity contribution is 7.89. The molecule has 0 aliphatic carbocycles. The van der Waals surface area contributed by atoms with E-state index in [1.807, 2.05) is 37.3 Å². The average Bonchev–Trinajstić information content (AvgIpc) is 3.70. The zero-order chi connectivity index (χ0) is 41.2. The Morgan fingerprint density at radius 3 is 2.47 bits per heavy atom. The number of nitrogens with zero attached hydrogens (tertiary/aromatic N) is 6. The third-order valence-corrected chi connectivity index (χ3v) is 13.6. The number of pyridine rings is 2. The van der Waals surface area contributed by atoms with E-state index in [1.54, 1.807) is 12.3 Å². The predicted octanol–water partition coefficient (Wildman–Crippen LogP) is 4.79. The number of anilines is 1. The van der Waals surface area contributed by atoms with Crippen molar-refractivity contribution in [1.29, 1.82) is 0 Å². The number of carbonyl (C=O) groups is 4. The molecule has 59 heavy (non-hydrogen) atoms. The van der Waals surface area contributed by atoms with Crippen LogP contribution in [-0.2, 0) is 19.6 Å². The first-order valence-corrected chi connectivity index (χ1v) is 21.3. The maximum atomic E-state index is 13.3. The second-order valence-corrected chi connectivity index (χ2v) is 18.1. The summed E-state index contributed by atoms with van der Waals surface area (Å²) < 4.78 is 40.0. The summed E-state index contributed by atoms with van der Waals surface area (Å²) in [5, 5.41) is 11.5. The van der Waals surface area contributed by atoms with E-state index in [1.165, 1.54) is 28.8 Å². The van der Waals surface area contributed by atoms with Crippen molar-refractivity contribution in [1.82, 2.24) is 34.7 Å². The number of benzene rings is 2. The molecule has 19 heteroatoms. The van der Waals surface area contributed by atoms with Gasteiger partial charge in [0, 0.05) is 73.1 Å². The molecule has 3 fully saturated rings. The van der Waals surface area contributed by atoms with Gasteiger partial charge < -0.3 is 14.4 Å². The molecule has 3 saturated heterocycles. The molecular formula is C40H36Cl2N8O8S. The zero-order valence-electron chi connectivity index (χ0n) is 31.5. The number of fused-ring (bicyclic) bond motifs is 2. The van der Waals surface area contributed by atoms with Crippen molar-refractivity contribution in [2.45, 2.75) is 38.3 Å². The standard InChI is InChI=1S/C40H36Cl2N8O8S/c1-22(34-27(41)16-43-17-28(34)42)58-24-7-8-29-26(14-24)36(47-46-29)23-6-10-32(44-15-23)48-18-40(19-48)20-49(21-40)59(55,56)13-3-12-57-31-5-2-4-25-35(31)39(54)50(38(25)53)30-9-11-33(51)45-37(30)52/h2,4-8,10,14-17,22,30H,3,9,11-13,18-21H2,1H3,(H,46,47)(H,45,51,52)/t22-,30?/m1/s1. The van der Waals surface area contributed by atoms with Gasteiger partial charge in [0.2, 0.25) is 21.8 Å². The first kappa shape index (κ1) is 38.9. The number of nitrogens with one attached hydrogen (secondary N) is 2. The summed E-state index contributed by atoms with van der Waals surface area (Å²) in [6, 6.07) is 13.0. The minimum Gasteiger partial charge on any atom is -0.493 e. The summed E-state index contributed by atoms with van der Waals surface area (Å²) in [4.78, 5) is 62.2. The Morgan fingerprint density at radius 1 is 0.966 bits per heavy atom. The summed E-state index contributed by atoms with van der Waals surface area (Å²) in [6.07, 6.45) is 4.61. The summed E-state index contributed by atoms with van der Waals surface area (Å²) in [5.41, 5.74) is 2.98. The molecule has 2 aromatic carbocycles. The Bertz CT molecular complexity index is 2640. The molecule has 3 aromatic heterocycles. The van der Waals surface area contributed by atoms with Gasteiger partial charge in [-0.3, -0.25) is 39.5 Å². The number of carbonyl (C=O) groups excluding carboxylic acids is 4. The van der Waals surface area contributed by atoms with E-state index in [0.29, 0.717) is 47.5 Å². The molecule has 5 aromatic rings. The van der Waals surface area contributed by atoms with Gasteiger partial charge in [0.1, 0.15) is 35.2 Å². The highest BCUT2D eigenvalue weighted by atomic mass is 35.5. The molecule has 0 bridgehead atoms. The van der Waals surface area contributed by atoms with Crippen molar-refractivity contribution in [2.75, 3.05) is 43.4 Å². The topological polar surface area (TPSA) is 197 Å². The quantitative estimate of drug-likeness (QED) is 0.129. The first-order valence-electron chi connectivity index (χ1n) is 18.9. The van der Waals surface area contributed by atoms with Crippen LogP contribution in [0.2, 0.25) is 10.0 Å². The molecule has 0 radical (unpaired) electrons. The molecule has 2 N–H and O–H groups in total. The lowest BCUT2D eigenvalue weighted by atomic mass is 9.74. The number of ether oxygens (including phenoxy) is 2. The van der Waals surface area contributed by atoms with E-state index in [0.717, 1.165) is 32.9 Å². The van der Waals surface area contributed by atoms with E-state index in [9.17, 15) is 27.6 Å². The number of sulfonamides is 1. The SMILES string of the molecule is C[C@@H](Oc1ccc2[nH]nc(-c3ccc(N4CC5(C4)CN(S(=O)(=O)CCCOc4cccc6c4C(=O)N(C4CCC(=O)NC4=O)C6=O)C5)nc3)c2c1)c1c(Cl)cncc1Cl. The number of imide groups is 2. The summed E-state index contributed by atoms with van der Waals surface area (Å²) in [5.74, 6) is -1.11. The average molecular weight is 860 g/mol. The van der Waals surface area contributed by atoms with E-state index in [4.69, 9.17) is 37.7 Å². The molecular weight excluding hydrogens is 823 g/mol. The summed E-state index contributed by atoms with van der Waals surface area (Å²) in [6.45, 7) is 4.02. The lowest BCUT2D eigenvalue weighted by molar-refractivity contribution is -0.136. The van der Waals surface area contributed by atoms with Crippen LogP contribution in [0, 0.1) is 5.41 Å². The van der Waals surface area contributed by atoms with Gasteiger partial charge in [-0.25, -0.2) is 17.7 Å². The number of aromatic amines is 1. The van der Waals surface area contributed by atoms with Gasteiger partial charge in [-0.2, -0.15) is 5.10 Å². The van der Waals surface area contributed by atoms with Gasteiger partial charge in [0.25, 0.3) is 11.8 Å². The van der Waals surface area contributed by atoms with Crippen LogP contribution in [-0.4, -0.2) is 106 Å². The van der Waals surface area contributed by atoms with E-state index in [2.05, 4.69) is 25.4 Å². The number of hydrogen-bond donors (Lipinski definition) is 2. The number of H-pyrrole nitrogens is 1. The van der Waals surface area contributed by atoms with Crippen molar-refractivity contribution in [3.05, 3.63) is 93.9 Å². The van der Waals surface area contributed by atoms with E-state index in [-0.39, 0.29) is 53.9 Å². The first-order chi connectivity index (χ1) is 28.3. The highest BCUT2D eigenvalue weighted by Gasteiger charge is 2.55. The van der Waals surface area contributed by atoms with Gasteiger partial charge in [-0.15, -0.1) is 0 Å². The second-order valence-electron chi connectivity index (χ2n) is 15.2. The van der Waals surface area contributed by atoms with Crippen LogP contribution < -0.4 is 19.7 Å². The molecule has 9 rings (SSSR count). The Hall–Kier alpha value is -5.62. The van der Waals surface area contributed by atoms with Crippen molar-refractivity contribution in [2.24, 2.45) is 5.41 Å². The van der Waals surface area contributed by atoms with Crippen molar-refractivity contribution in [3.63, 3.8) is 0 Å². The normalized spacial score (nSPS) is 19.4. The fraction of sp³-hybridized carbons (Fsp3) is 0.325. The Labute approximate surface area is 347 Å². The second kappa shape index (κ2) is 14.9. The van der Waals surface area contributed by atoms with Crippen LogP contribution in [0.3, 0.4) is 0 Å². The van der Waals surface area contributed by atoms with Crippen LogP contribution in [0.4, 0.5) is 5.82 Å². The van der Waals surface area contributed by atoms with Gasteiger partial charge >= 0.3 is 0 Å². The van der Waals surface area contributed by atoms with Gasteiger partial charge in [0.05, 0.1) is 39.0 Å². The van der Waals surface area contributed by atoms with Gasteiger partial charge in [-0.1, -0.05) is 29.3 Å². The van der Waals surface area contributed by atoms with Gasteiger partial charge in [-0.05, 0) is 62.2 Å². The lowest BCUT2D eigenvalue weighted by Crippen LogP contribution is -2.73. The molecule has 2 atom stereocenters. The maximum absolute atomic E-state index is 13.3. The Morgan fingerprint density at radius 2 is 1.75 bits per heavy atom. The molecule has 4 aliphatic heterocycles. The lowest BCUT2D eigenvalue weighted by Gasteiger charge is -2.59. The molecule has 1 unspecified atom stereocenters. The zero-order valence-corrected chi connectivity index (χ0v) is 33.8. The van der Waals surface area contributed by atoms with Crippen LogP contribution in [0.1, 0.15) is 58.6 Å². The number of amides is 4. The van der Waals surface area contributed by atoms with Gasteiger partial charge in [0.15, 0.2) is 0 Å². The third kappa shape index (κ3) is 7.04. The molecule has 16 nitrogen and oxygen atoms in total. The number of piperidine rings is 1. The Kier molecular flexibility index (Phi) is 9.81. The molecule has 304 valence electrons. The third-order valence-electron chi connectivity index (χ3n) is 11.2. The molecule has 4 amide bonds. The largest absolute Gasteiger partial charge is 0.493 e. The van der Waals surface area contributed by atoms with E-state index < -0.39 is 45.8 Å². The molecule has 0 saturated carbocycles. The predicted molar refractivity (Wildman–Crippen MR) is 216 cm³/mol. The number of halogens is 2. The minimum absolute atomic E-state index is 0.0101. The molecule has 7 heterocycles. The van der Waals surface area contributed by atoms with Crippen molar-refractivity contribution in [3.8, 4) is 22.8 Å². The van der Waals surface area contributed by atoms with E-state index >= 15 is 0 Å². The number of hydrogen-bond acceptors (Lipinski definition) is 12. The summed E-state index contributed by atoms with van der Waals surface area (Å²) >= 11 is 12.7. The van der Waals surface area contributed by atoms with Crippen molar-refractivity contribution >= 4 is 73.6 Å². The smallest absolute Gasteiger partial charge is 0.266 e. The number of rotatable bonds is 12. The van der Waals surface area contributed by atoms with Crippen LogP contribution in [0.5, 0.6) is 11.5 Å².